The highest BCUT2D eigenvalue weighted by Crippen LogP contribution is 2.41. The van der Waals surface area contributed by atoms with E-state index < -0.39 is 0 Å². The van der Waals surface area contributed by atoms with Gasteiger partial charge in [-0.05, 0) is 43.1 Å². The van der Waals surface area contributed by atoms with Crippen LogP contribution in [0.25, 0.3) is 0 Å². The monoisotopic (exact) mass is 326 g/mol. The summed E-state index contributed by atoms with van der Waals surface area (Å²) in [6.07, 6.45) is 2.40. The van der Waals surface area contributed by atoms with Crippen LogP contribution in [0, 0.1) is 0 Å². The molecule has 0 aliphatic carbocycles. The summed E-state index contributed by atoms with van der Waals surface area (Å²) in [6.45, 7) is 6.25. The number of hydrogen-bond acceptors (Lipinski definition) is 3. The van der Waals surface area contributed by atoms with Crippen molar-refractivity contribution < 1.29 is 4.79 Å². The Balaban J connectivity index is 1.63. The van der Waals surface area contributed by atoms with Crippen molar-refractivity contribution in [1.29, 1.82) is 0 Å². The summed E-state index contributed by atoms with van der Waals surface area (Å²) < 4.78 is 0. The van der Waals surface area contributed by atoms with Crippen LogP contribution in [0.4, 0.5) is 5.69 Å². The standard InChI is InChI=1S/C19H22N2OS/c1-19(2)12-21(15-8-4-3-6-13(15)19)18(22)17-10-9-16(23-17)14-7-5-11-20-14/h3-4,6,8-10,14,20H,5,7,11-12H2,1-2H3. The third-order valence-electron chi connectivity index (χ3n) is 4.96. The van der Waals surface area contributed by atoms with Crippen LogP contribution < -0.4 is 10.2 Å². The lowest BCUT2D eigenvalue weighted by Crippen LogP contribution is -2.33. The van der Waals surface area contributed by atoms with Gasteiger partial charge in [-0.2, -0.15) is 0 Å². The molecular formula is C19H22N2OS. The second-order valence-corrected chi connectivity index (χ2v) is 8.26. The van der Waals surface area contributed by atoms with E-state index in [1.165, 1.54) is 23.3 Å². The van der Waals surface area contributed by atoms with E-state index >= 15 is 0 Å². The predicted molar refractivity (Wildman–Crippen MR) is 95.4 cm³/mol. The molecular weight excluding hydrogens is 304 g/mol. The van der Waals surface area contributed by atoms with Crippen molar-refractivity contribution in [2.75, 3.05) is 18.0 Å². The van der Waals surface area contributed by atoms with E-state index in [0.717, 1.165) is 23.7 Å². The van der Waals surface area contributed by atoms with Crippen molar-refractivity contribution in [1.82, 2.24) is 5.32 Å². The molecule has 0 radical (unpaired) electrons. The molecule has 1 N–H and O–H groups in total. The Bertz CT molecular complexity index is 743. The first kappa shape index (κ1) is 14.9. The van der Waals surface area contributed by atoms with Gasteiger partial charge in [0, 0.05) is 28.6 Å². The second kappa shape index (κ2) is 5.46. The fourth-order valence-corrected chi connectivity index (χ4v) is 4.81. The van der Waals surface area contributed by atoms with Crippen LogP contribution >= 0.6 is 11.3 Å². The molecule has 1 amide bonds. The average molecular weight is 326 g/mol. The second-order valence-electron chi connectivity index (χ2n) is 7.14. The van der Waals surface area contributed by atoms with Gasteiger partial charge in [0.1, 0.15) is 0 Å². The van der Waals surface area contributed by atoms with E-state index in [0.29, 0.717) is 6.04 Å². The Hall–Kier alpha value is -1.65. The Labute approximate surface area is 141 Å². The number of hydrogen-bond donors (Lipinski definition) is 1. The lowest BCUT2D eigenvalue weighted by molar-refractivity contribution is 0.0990. The largest absolute Gasteiger partial charge is 0.309 e. The molecule has 4 heteroatoms. The Kier molecular flexibility index (Phi) is 3.54. The maximum absolute atomic E-state index is 13.0. The number of rotatable bonds is 2. The van der Waals surface area contributed by atoms with Crippen LogP contribution in [0.2, 0.25) is 0 Å². The molecule has 3 nitrogen and oxygen atoms in total. The molecule has 1 unspecified atom stereocenters. The number of thiophene rings is 1. The molecule has 23 heavy (non-hydrogen) atoms. The van der Waals surface area contributed by atoms with E-state index in [9.17, 15) is 4.79 Å². The number of benzene rings is 1. The maximum atomic E-state index is 13.0. The molecule has 0 saturated carbocycles. The van der Waals surface area contributed by atoms with Gasteiger partial charge < -0.3 is 10.2 Å². The molecule has 3 heterocycles. The number of carbonyl (C=O) groups is 1. The Morgan fingerprint density at radius 1 is 1.26 bits per heavy atom. The number of nitrogens with zero attached hydrogens (tertiary/aromatic N) is 1. The first-order chi connectivity index (χ1) is 11.1. The molecule has 1 fully saturated rings. The van der Waals surface area contributed by atoms with E-state index in [2.05, 4.69) is 43.4 Å². The quantitative estimate of drug-likeness (QED) is 0.901. The highest BCUT2D eigenvalue weighted by molar-refractivity contribution is 7.14. The Morgan fingerprint density at radius 2 is 2.09 bits per heavy atom. The fourth-order valence-electron chi connectivity index (χ4n) is 3.74. The lowest BCUT2D eigenvalue weighted by atomic mass is 9.87. The summed E-state index contributed by atoms with van der Waals surface area (Å²) in [5, 5.41) is 3.51. The number of fused-ring (bicyclic) bond motifs is 1. The number of nitrogens with one attached hydrogen (secondary N) is 1. The third kappa shape index (κ3) is 2.50. The van der Waals surface area contributed by atoms with Crippen molar-refractivity contribution in [2.24, 2.45) is 0 Å². The lowest BCUT2D eigenvalue weighted by Gasteiger charge is -2.20. The van der Waals surface area contributed by atoms with Gasteiger partial charge in [-0.1, -0.05) is 32.0 Å². The number of anilines is 1. The Morgan fingerprint density at radius 3 is 2.87 bits per heavy atom. The van der Waals surface area contributed by atoms with Crippen molar-refractivity contribution in [3.05, 3.63) is 51.7 Å². The highest BCUT2D eigenvalue weighted by Gasteiger charge is 2.38. The van der Waals surface area contributed by atoms with E-state index in [4.69, 9.17) is 0 Å². The number of para-hydroxylation sites is 1. The zero-order valence-electron chi connectivity index (χ0n) is 13.6. The van der Waals surface area contributed by atoms with Crippen LogP contribution in [0.15, 0.2) is 36.4 Å². The number of amides is 1. The van der Waals surface area contributed by atoms with Gasteiger partial charge in [0.05, 0.1) is 4.88 Å². The first-order valence-corrected chi connectivity index (χ1v) is 9.12. The summed E-state index contributed by atoms with van der Waals surface area (Å²) in [5.74, 6) is 0.136. The van der Waals surface area contributed by atoms with Gasteiger partial charge in [-0.25, -0.2) is 0 Å². The molecule has 1 aromatic heterocycles. The SMILES string of the molecule is CC1(C)CN(C(=O)c2ccc(C3CCCN3)s2)c2ccccc21. The molecule has 120 valence electrons. The van der Waals surface area contributed by atoms with Crippen LogP contribution in [0.3, 0.4) is 0 Å². The fraction of sp³-hybridized carbons (Fsp3) is 0.421. The zero-order chi connectivity index (χ0) is 16.0. The molecule has 4 rings (SSSR count). The van der Waals surface area contributed by atoms with E-state index in [1.54, 1.807) is 11.3 Å². The molecule has 0 spiro atoms. The van der Waals surface area contributed by atoms with Crippen LogP contribution in [-0.4, -0.2) is 19.0 Å². The first-order valence-electron chi connectivity index (χ1n) is 8.31. The topological polar surface area (TPSA) is 32.3 Å². The molecule has 0 bridgehead atoms. The minimum absolute atomic E-state index is 0.0132. The van der Waals surface area contributed by atoms with Crippen molar-refractivity contribution in [3.8, 4) is 0 Å². The number of carbonyl (C=O) groups excluding carboxylic acids is 1. The van der Waals surface area contributed by atoms with Gasteiger partial charge in [-0.3, -0.25) is 4.79 Å². The molecule has 1 saturated heterocycles. The van der Waals surface area contributed by atoms with Crippen molar-refractivity contribution >= 4 is 22.9 Å². The van der Waals surface area contributed by atoms with Crippen LogP contribution in [0.1, 0.15) is 52.8 Å². The molecule has 2 aromatic rings. The van der Waals surface area contributed by atoms with Gasteiger partial charge in [0.2, 0.25) is 0 Å². The van der Waals surface area contributed by atoms with Gasteiger partial charge in [0.25, 0.3) is 5.91 Å². The normalized spacial score (nSPS) is 22.3. The average Bonchev–Trinajstić information content (AvgIpc) is 3.25. The van der Waals surface area contributed by atoms with Crippen LogP contribution in [-0.2, 0) is 5.41 Å². The van der Waals surface area contributed by atoms with Gasteiger partial charge in [0.15, 0.2) is 0 Å². The summed E-state index contributed by atoms with van der Waals surface area (Å²) in [4.78, 5) is 17.1. The summed E-state index contributed by atoms with van der Waals surface area (Å²) in [7, 11) is 0. The zero-order valence-corrected chi connectivity index (χ0v) is 14.5. The summed E-state index contributed by atoms with van der Waals surface area (Å²) >= 11 is 1.65. The highest BCUT2D eigenvalue weighted by atomic mass is 32.1. The van der Waals surface area contributed by atoms with Gasteiger partial charge >= 0.3 is 0 Å². The minimum Gasteiger partial charge on any atom is -0.309 e. The van der Waals surface area contributed by atoms with Crippen molar-refractivity contribution in [3.63, 3.8) is 0 Å². The summed E-state index contributed by atoms with van der Waals surface area (Å²) in [5.41, 5.74) is 2.35. The van der Waals surface area contributed by atoms with E-state index in [1.807, 2.05) is 17.0 Å². The minimum atomic E-state index is 0.0132. The molecule has 2 aliphatic rings. The smallest absolute Gasteiger partial charge is 0.268 e. The van der Waals surface area contributed by atoms with Gasteiger partial charge in [-0.15, -0.1) is 11.3 Å². The van der Waals surface area contributed by atoms with Crippen molar-refractivity contribution in [2.45, 2.75) is 38.1 Å². The maximum Gasteiger partial charge on any atom is 0.268 e. The third-order valence-corrected chi connectivity index (χ3v) is 6.15. The molecule has 1 atom stereocenters. The van der Waals surface area contributed by atoms with Crippen LogP contribution in [0.5, 0.6) is 0 Å². The van der Waals surface area contributed by atoms with E-state index in [-0.39, 0.29) is 11.3 Å². The molecule has 2 aliphatic heterocycles. The predicted octanol–water partition coefficient (Wildman–Crippen LogP) is 4.11. The summed E-state index contributed by atoms with van der Waals surface area (Å²) in [6, 6.07) is 12.8. The molecule has 1 aromatic carbocycles.